The maximum absolute atomic E-state index is 12.9. The van der Waals surface area contributed by atoms with E-state index in [9.17, 15) is 4.79 Å². The van der Waals surface area contributed by atoms with Crippen LogP contribution in [0, 0.1) is 0 Å². The van der Waals surface area contributed by atoms with Gasteiger partial charge in [-0.3, -0.25) is 4.79 Å². The van der Waals surface area contributed by atoms with Crippen LogP contribution in [0.15, 0.2) is 54.7 Å². The summed E-state index contributed by atoms with van der Waals surface area (Å²) in [5.74, 6) is 0.962. The third-order valence-electron chi connectivity index (χ3n) is 4.82. The van der Waals surface area contributed by atoms with Gasteiger partial charge in [0, 0.05) is 49.0 Å². The van der Waals surface area contributed by atoms with Gasteiger partial charge in [-0.05, 0) is 30.3 Å². The highest BCUT2D eigenvalue weighted by atomic mass is 16.5. The summed E-state index contributed by atoms with van der Waals surface area (Å²) >= 11 is 0. The minimum atomic E-state index is 0.104. The van der Waals surface area contributed by atoms with Crippen LogP contribution < -0.4 is 9.64 Å². The number of anilines is 1. The molecule has 1 aliphatic rings. The van der Waals surface area contributed by atoms with E-state index >= 15 is 0 Å². The Morgan fingerprint density at radius 1 is 1.00 bits per heavy atom. The number of H-pyrrole nitrogens is 1. The number of ether oxygens (including phenoxy) is 1. The highest BCUT2D eigenvalue weighted by Gasteiger charge is 2.24. The molecule has 2 heterocycles. The number of aromatic amines is 1. The Morgan fingerprint density at radius 3 is 2.44 bits per heavy atom. The van der Waals surface area contributed by atoms with Crippen LogP contribution in [0.4, 0.5) is 5.69 Å². The van der Waals surface area contributed by atoms with Gasteiger partial charge in [-0.25, -0.2) is 0 Å². The van der Waals surface area contributed by atoms with Gasteiger partial charge in [-0.1, -0.05) is 18.2 Å². The molecule has 1 amide bonds. The van der Waals surface area contributed by atoms with E-state index in [1.807, 2.05) is 47.5 Å². The highest BCUT2D eigenvalue weighted by molar-refractivity contribution is 6.06. The van der Waals surface area contributed by atoms with E-state index in [-0.39, 0.29) is 5.91 Å². The molecule has 5 nitrogen and oxygen atoms in total. The smallest absolute Gasteiger partial charge is 0.256 e. The average molecular weight is 335 g/mol. The second kappa shape index (κ2) is 6.51. The molecule has 0 radical (unpaired) electrons. The molecular formula is C20H21N3O2. The summed E-state index contributed by atoms with van der Waals surface area (Å²) < 4.78 is 5.21. The number of aromatic nitrogens is 1. The number of fused-ring (bicyclic) bond motifs is 1. The minimum absolute atomic E-state index is 0.104. The molecule has 128 valence electrons. The molecule has 1 saturated heterocycles. The van der Waals surface area contributed by atoms with E-state index in [4.69, 9.17) is 4.74 Å². The van der Waals surface area contributed by atoms with Gasteiger partial charge in [0.1, 0.15) is 5.75 Å². The molecule has 0 aliphatic carbocycles. The molecule has 3 aromatic rings. The monoisotopic (exact) mass is 335 g/mol. The molecule has 0 atom stereocenters. The summed E-state index contributed by atoms with van der Waals surface area (Å²) in [7, 11) is 1.67. The summed E-state index contributed by atoms with van der Waals surface area (Å²) in [5.41, 5.74) is 2.93. The second-order valence-corrected chi connectivity index (χ2v) is 6.23. The first-order valence-corrected chi connectivity index (χ1v) is 8.50. The predicted octanol–water partition coefficient (Wildman–Crippen LogP) is 3.14. The number of para-hydroxylation sites is 1. The van der Waals surface area contributed by atoms with Crippen molar-refractivity contribution in [1.82, 2.24) is 9.88 Å². The Bertz CT molecular complexity index is 877. The molecule has 1 aromatic heterocycles. The van der Waals surface area contributed by atoms with Gasteiger partial charge in [-0.15, -0.1) is 0 Å². The van der Waals surface area contributed by atoms with Crippen molar-refractivity contribution >= 4 is 22.5 Å². The summed E-state index contributed by atoms with van der Waals surface area (Å²) in [6.07, 6.45) is 1.82. The number of carbonyl (C=O) groups is 1. The maximum atomic E-state index is 12.9. The summed E-state index contributed by atoms with van der Waals surface area (Å²) in [5, 5.41) is 0.991. The van der Waals surface area contributed by atoms with Gasteiger partial charge < -0.3 is 19.5 Å². The predicted molar refractivity (Wildman–Crippen MR) is 99.4 cm³/mol. The van der Waals surface area contributed by atoms with Crippen LogP contribution in [0.5, 0.6) is 5.75 Å². The van der Waals surface area contributed by atoms with Crippen molar-refractivity contribution in [2.75, 3.05) is 38.2 Å². The minimum Gasteiger partial charge on any atom is -0.497 e. The summed E-state index contributed by atoms with van der Waals surface area (Å²) in [6.45, 7) is 3.12. The quantitative estimate of drug-likeness (QED) is 0.800. The average Bonchev–Trinajstić information content (AvgIpc) is 3.12. The van der Waals surface area contributed by atoms with Crippen LogP contribution in [-0.2, 0) is 0 Å². The van der Waals surface area contributed by atoms with Crippen LogP contribution in [0.1, 0.15) is 10.4 Å². The number of amides is 1. The molecule has 4 rings (SSSR count). The fraction of sp³-hybridized carbons (Fsp3) is 0.250. The fourth-order valence-electron chi connectivity index (χ4n) is 3.38. The van der Waals surface area contributed by atoms with Crippen LogP contribution >= 0.6 is 0 Å². The van der Waals surface area contributed by atoms with Gasteiger partial charge in [0.05, 0.1) is 12.7 Å². The Morgan fingerprint density at radius 2 is 1.72 bits per heavy atom. The number of hydrogen-bond donors (Lipinski definition) is 1. The third-order valence-corrected chi connectivity index (χ3v) is 4.82. The Balaban J connectivity index is 1.45. The fourth-order valence-corrected chi connectivity index (χ4v) is 3.38. The largest absolute Gasteiger partial charge is 0.497 e. The third kappa shape index (κ3) is 2.93. The SMILES string of the molecule is COc1ccc(N2CCN(C(=O)c3c[nH]c4ccccc34)CC2)cc1. The Kier molecular flexibility index (Phi) is 4.06. The van der Waals surface area contributed by atoms with Gasteiger partial charge in [0.2, 0.25) is 0 Å². The number of methoxy groups -OCH3 is 1. The first kappa shape index (κ1) is 15.6. The molecule has 0 spiro atoms. The summed E-state index contributed by atoms with van der Waals surface area (Å²) in [6, 6.07) is 16.0. The van der Waals surface area contributed by atoms with Gasteiger partial charge >= 0.3 is 0 Å². The van der Waals surface area contributed by atoms with Crippen molar-refractivity contribution in [2.24, 2.45) is 0 Å². The lowest BCUT2D eigenvalue weighted by Gasteiger charge is -2.36. The lowest BCUT2D eigenvalue weighted by atomic mass is 10.1. The van der Waals surface area contributed by atoms with E-state index < -0.39 is 0 Å². The number of hydrogen-bond acceptors (Lipinski definition) is 3. The standard InChI is InChI=1S/C20H21N3O2/c1-25-16-8-6-15(7-9-16)22-10-12-23(13-11-22)20(24)18-14-21-19-5-3-2-4-17(18)19/h2-9,14,21H,10-13H2,1H3. The van der Waals surface area contributed by atoms with Crippen molar-refractivity contribution in [3.63, 3.8) is 0 Å². The van der Waals surface area contributed by atoms with E-state index in [0.717, 1.165) is 48.4 Å². The molecule has 0 saturated carbocycles. The van der Waals surface area contributed by atoms with Gasteiger partial charge in [0.15, 0.2) is 0 Å². The van der Waals surface area contributed by atoms with E-state index in [0.29, 0.717) is 0 Å². The molecule has 5 heteroatoms. The molecule has 0 bridgehead atoms. The number of carbonyl (C=O) groups excluding carboxylic acids is 1. The van der Waals surface area contributed by atoms with Gasteiger partial charge in [-0.2, -0.15) is 0 Å². The zero-order valence-corrected chi connectivity index (χ0v) is 14.2. The molecular weight excluding hydrogens is 314 g/mol. The van der Waals surface area contributed by atoms with E-state index in [2.05, 4.69) is 22.0 Å². The van der Waals surface area contributed by atoms with Gasteiger partial charge in [0.25, 0.3) is 5.91 Å². The van der Waals surface area contributed by atoms with Crippen LogP contribution in [0.25, 0.3) is 10.9 Å². The van der Waals surface area contributed by atoms with Crippen LogP contribution in [0.2, 0.25) is 0 Å². The summed E-state index contributed by atoms with van der Waals surface area (Å²) in [4.78, 5) is 20.3. The lowest BCUT2D eigenvalue weighted by Crippen LogP contribution is -2.48. The van der Waals surface area contributed by atoms with Crippen molar-refractivity contribution < 1.29 is 9.53 Å². The number of nitrogens with one attached hydrogen (secondary N) is 1. The Hall–Kier alpha value is -2.95. The molecule has 1 fully saturated rings. The molecule has 25 heavy (non-hydrogen) atoms. The molecule has 2 aromatic carbocycles. The van der Waals surface area contributed by atoms with Crippen LogP contribution in [-0.4, -0.2) is 49.1 Å². The number of rotatable bonds is 3. The molecule has 0 unspecified atom stereocenters. The van der Waals surface area contributed by atoms with Crippen molar-refractivity contribution in [3.05, 3.63) is 60.3 Å². The second-order valence-electron chi connectivity index (χ2n) is 6.23. The topological polar surface area (TPSA) is 48.6 Å². The van der Waals surface area contributed by atoms with E-state index in [1.165, 1.54) is 5.69 Å². The lowest BCUT2D eigenvalue weighted by molar-refractivity contribution is 0.0749. The zero-order chi connectivity index (χ0) is 17.2. The van der Waals surface area contributed by atoms with Crippen molar-refractivity contribution in [3.8, 4) is 5.75 Å². The Labute approximate surface area is 146 Å². The first-order chi connectivity index (χ1) is 12.3. The normalized spacial score (nSPS) is 14.8. The number of nitrogens with zero attached hydrogens (tertiary/aromatic N) is 2. The number of piperazine rings is 1. The van der Waals surface area contributed by atoms with E-state index in [1.54, 1.807) is 7.11 Å². The van der Waals surface area contributed by atoms with Crippen molar-refractivity contribution in [2.45, 2.75) is 0 Å². The zero-order valence-electron chi connectivity index (χ0n) is 14.2. The number of benzene rings is 2. The van der Waals surface area contributed by atoms with Crippen molar-refractivity contribution in [1.29, 1.82) is 0 Å². The molecule has 1 N–H and O–H groups in total. The highest BCUT2D eigenvalue weighted by Crippen LogP contribution is 2.23. The maximum Gasteiger partial charge on any atom is 0.256 e. The molecule has 1 aliphatic heterocycles. The first-order valence-electron chi connectivity index (χ1n) is 8.50. The van der Waals surface area contributed by atoms with Crippen LogP contribution in [0.3, 0.4) is 0 Å².